The molecule has 1 fully saturated rings. The lowest BCUT2D eigenvalue weighted by atomic mass is 10.2. The molecule has 1 aromatic heterocycles. The summed E-state index contributed by atoms with van der Waals surface area (Å²) in [6, 6.07) is 11.4. The van der Waals surface area contributed by atoms with Crippen molar-refractivity contribution in [2.75, 3.05) is 42.7 Å². The molecule has 0 bridgehead atoms. The lowest BCUT2D eigenvalue weighted by Crippen LogP contribution is -2.43. The summed E-state index contributed by atoms with van der Waals surface area (Å²) in [5.41, 5.74) is 1.47. The molecule has 1 aliphatic heterocycles. The van der Waals surface area contributed by atoms with Crippen molar-refractivity contribution in [2.45, 2.75) is 4.90 Å². The topological polar surface area (TPSA) is 57.3 Å². The van der Waals surface area contributed by atoms with Crippen LogP contribution in [-0.4, -0.2) is 43.3 Å². The van der Waals surface area contributed by atoms with Crippen LogP contribution in [0, 0.1) is 0 Å². The maximum absolute atomic E-state index is 12.5. The van der Waals surface area contributed by atoms with Gasteiger partial charge in [-0.2, -0.15) is 0 Å². The van der Waals surface area contributed by atoms with Crippen LogP contribution in [0.1, 0.15) is 10.4 Å². The summed E-state index contributed by atoms with van der Waals surface area (Å²) in [6.07, 6.45) is 3.72. The van der Waals surface area contributed by atoms with Gasteiger partial charge in [0.1, 0.15) is 5.82 Å². The molecule has 5 nitrogen and oxygen atoms in total. The van der Waals surface area contributed by atoms with Gasteiger partial charge < -0.3 is 15.5 Å². The minimum atomic E-state index is -0.0904. The molecule has 1 amide bonds. The van der Waals surface area contributed by atoms with Gasteiger partial charge in [-0.3, -0.25) is 4.79 Å². The second kappa shape index (κ2) is 7.48. The molecule has 0 radical (unpaired) electrons. The predicted molar refractivity (Wildman–Crippen MR) is 95.5 cm³/mol. The molecule has 2 aromatic rings. The first-order valence-corrected chi connectivity index (χ1v) is 8.86. The number of nitrogens with zero attached hydrogens (tertiary/aromatic N) is 2. The summed E-state index contributed by atoms with van der Waals surface area (Å²) in [5, 5.41) is 6.30. The van der Waals surface area contributed by atoms with Gasteiger partial charge in [-0.1, -0.05) is 12.1 Å². The van der Waals surface area contributed by atoms with Crippen LogP contribution in [0.4, 0.5) is 11.5 Å². The molecule has 3 rings (SSSR count). The maximum Gasteiger partial charge on any atom is 0.256 e. The molecular weight excluding hydrogens is 308 g/mol. The van der Waals surface area contributed by atoms with E-state index < -0.39 is 0 Å². The minimum absolute atomic E-state index is 0.0904. The molecule has 2 N–H and O–H groups in total. The van der Waals surface area contributed by atoms with Gasteiger partial charge in [-0.15, -0.1) is 11.8 Å². The molecule has 1 saturated heterocycles. The third kappa shape index (κ3) is 3.83. The van der Waals surface area contributed by atoms with Crippen LogP contribution in [0.5, 0.6) is 0 Å². The highest BCUT2D eigenvalue weighted by Crippen LogP contribution is 2.22. The zero-order chi connectivity index (χ0) is 16.1. The zero-order valence-electron chi connectivity index (χ0n) is 13.1. The number of amides is 1. The fourth-order valence-corrected chi connectivity index (χ4v) is 3.19. The number of carbonyl (C=O) groups is 1. The number of nitrogens with one attached hydrogen (secondary N) is 2. The molecule has 2 heterocycles. The average Bonchev–Trinajstić information content (AvgIpc) is 2.62. The SMILES string of the molecule is CSc1ccccc1C(=O)Nc1ccnc(N2CCNCC2)c1. The fraction of sp³-hybridized carbons (Fsp3) is 0.294. The Morgan fingerprint density at radius 3 is 2.83 bits per heavy atom. The van der Waals surface area contributed by atoms with E-state index in [2.05, 4.69) is 20.5 Å². The molecule has 0 unspecified atom stereocenters. The number of thioether (sulfide) groups is 1. The van der Waals surface area contributed by atoms with Crippen LogP contribution >= 0.6 is 11.8 Å². The maximum atomic E-state index is 12.5. The van der Waals surface area contributed by atoms with Crippen LogP contribution in [0.2, 0.25) is 0 Å². The molecule has 120 valence electrons. The third-order valence-electron chi connectivity index (χ3n) is 3.80. The first kappa shape index (κ1) is 15.8. The third-order valence-corrected chi connectivity index (χ3v) is 4.59. The summed E-state index contributed by atoms with van der Waals surface area (Å²) in [4.78, 5) is 20.1. The highest BCUT2D eigenvalue weighted by molar-refractivity contribution is 7.98. The van der Waals surface area contributed by atoms with Gasteiger partial charge in [-0.25, -0.2) is 4.98 Å². The van der Waals surface area contributed by atoms with E-state index in [1.807, 2.05) is 42.7 Å². The van der Waals surface area contributed by atoms with Crippen molar-refractivity contribution in [1.82, 2.24) is 10.3 Å². The van der Waals surface area contributed by atoms with Crippen molar-refractivity contribution in [3.05, 3.63) is 48.2 Å². The van der Waals surface area contributed by atoms with Crippen LogP contribution in [0.3, 0.4) is 0 Å². The van der Waals surface area contributed by atoms with E-state index in [-0.39, 0.29) is 5.91 Å². The summed E-state index contributed by atoms with van der Waals surface area (Å²) in [7, 11) is 0. The van der Waals surface area contributed by atoms with Crippen LogP contribution < -0.4 is 15.5 Å². The Kier molecular flexibility index (Phi) is 5.15. The normalized spacial score (nSPS) is 14.6. The van der Waals surface area contributed by atoms with Crippen molar-refractivity contribution >= 4 is 29.2 Å². The zero-order valence-corrected chi connectivity index (χ0v) is 13.9. The second-order valence-corrected chi connectivity index (χ2v) is 6.14. The molecule has 23 heavy (non-hydrogen) atoms. The number of hydrogen-bond acceptors (Lipinski definition) is 5. The van der Waals surface area contributed by atoms with Crippen molar-refractivity contribution in [1.29, 1.82) is 0 Å². The Hall–Kier alpha value is -2.05. The summed E-state index contributed by atoms with van der Waals surface area (Å²) in [5.74, 6) is 0.815. The lowest BCUT2D eigenvalue weighted by Gasteiger charge is -2.28. The number of hydrogen-bond donors (Lipinski definition) is 2. The van der Waals surface area contributed by atoms with Gasteiger partial charge in [0, 0.05) is 49.0 Å². The number of aromatic nitrogens is 1. The van der Waals surface area contributed by atoms with Gasteiger partial charge in [-0.05, 0) is 24.5 Å². The van der Waals surface area contributed by atoms with Gasteiger partial charge in [0.05, 0.1) is 5.56 Å². The Morgan fingerprint density at radius 2 is 2.04 bits per heavy atom. The van der Waals surface area contributed by atoms with Gasteiger partial charge in [0.25, 0.3) is 5.91 Å². The Labute approximate surface area is 140 Å². The number of piperazine rings is 1. The van der Waals surface area contributed by atoms with E-state index in [9.17, 15) is 4.79 Å². The summed E-state index contributed by atoms with van der Waals surface area (Å²) < 4.78 is 0. The molecule has 0 spiro atoms. The van der Waals surface area contributed by atoms with Crippen LogP contribution in [-0.2, 0) is 0 Å². The number of anilines is 2. The van der Waals surface area contributed by atoms with E-state index in [1.54, 1.807) is 18.0 Å². The second-order valence-electron chi connectivity index (χ2n) is 5.29. The van der Waals surface area contributed by atoms with Crippen molar-refractivity contribution in [2.24, 2.45) is 0 Å². The molecule has 1 aliphatic rings. The lowest BCUT2D eigenvalue weighted by molar-refractivity contribution is 0.102. The summed E-state index contributed by atoms with van der Waals surface area (Å²) >= 11 is 1.57. The molecule has 0 aliphatic carbocycles. The van der Waals surface area contributed by atoms with Crippen molar-refractivity contribution < 1.29 is 4.79 Å². The number of carbonyl (C=O) groups excluding carboxylic acids is 1. The fourth-order valence-electron chi connectivity index (χ4n) is 2.59. The number of pyridine rings is 1. The first-order chi connectivity index (χ1) is 11.3. The Morgan fingerprint density at radius 1 is 1.26 bits per heavy atom. The van der Waals surface area contributed by atoms with Crippen molar-refractivity contribution in [3.63, 3.8) is 0 Å². The first-order valence-electron chi connectivity index (χ1n) is 7.64. The molecular formula is C17H20N4OS. The van der Waals surface area contributed by atoms with E-state index in [1.165, 1.54) is 0 Å². The Balaban J connectivity index is 1.76. The number of rotatable bonds is 4. The van der Waals surface area contributed by atoms with E-state index in [0.717, 1.165) is 42.6 Å². The van der Waals surface area contributed by atoms with Gasteiger partial charge in [0.2, 0.25) is 0 Å². The molecule has 0 atom stereocenters. The standard InChI is InChI=1S/C17H20N4OS/c1-23-15-5-3-2-4-14(15)17(22)20-13-6-7-19-16(12-13)21-10-8-18-9-11-21/h2-7,12,18H,8-11H2,1H3,(H,19,20,22). The minimum Gasteiger partial charge on any atom is -0.354 e. The van der Waals surface area contributed by atoms with Gasteiger partial charge >= 0.3 is 0 Å². The monoisotopic (exact) mass is 328 g/mol. The largest absolute Gasteiger partial charge is 0.354 e. The van der Waals surface area contributed by atoms with E-state index >= 15 is 0 Å². The number of benzene rings is 1. The van der Waals surface area contributed by atoms with Crippen molar-refractivity contribution in [3.8, 4) is 0 Å². The predicted octanol–water partition coefficient (Wildman–Crippen LogP) is 2.47. The smallest absolute Gasteiger partial charge is 0.256 e. The highest BCUT2D eigenvalue weighted by Gasteiger charge is 2.14. The van der Waals surface area contributed by atoms with E-state index in [4.69, 9.17) is 0 Å². The Bertz CT molecular complexity index is 686. The van der Waals surface area contributed by atoms with E-state index in [0.29, 0.717) is 5.56 Å². The van der Waals surface area contributed by atoms with Crippen LogP contribution in [0.15, 0.2) is 47.5 Å². The summed E-state index contributed by atoms with van der Waals surface area (Å²) in [6.45, 7) is 3.78. The molecule has 0 saturated carbocycles. The molecule has 1 aromatic carbocycles. The highest BCUT2D eigenvalue weighted by atomic mass is 32.2. The quantitative estimate of drug-likeness (QED) is 0.845. The molecule has 6 heteroatoms. The average molecular weight is 328 g/mol. The van der Waals surface area contributed by atoms with Gasteiger partial charge in [0.15, 0.2) is 0 Å². The van der Waals surface area contributed by atoms with Crippen LogP contribution in [0.25, 0.3) is 0 Å².